The average molecular weight is 248 g/mol. The Hall–Kier alpha value is -1.95. The topological polar surface area (TPSA) is 68.5 Å². The van der Waals surface area contributed by atoms with E-state index in [1.807, 2.05) is 19.2 Å². The number of nitrogens with one attached hydrogen (secondary N) is 1. The van der Waals surface area contributed by atoms with Crippen LogP contribution in [0.1, 0.15) is 19.8 Å². The Bertz CT molecular complexity index is 538. The molecule has 0 aromatic carbocycles. The molecule has 1 atom stereocenters. The molecular formula is C12H16N4O2. The number of aromatic nitrogens is 3. The van der Waals surface area contributed by atoms with Gasteiger partial charge >= 0.3 is 0 Å². The lowest BCUT2D eigenvalue weighted by Crippen LogP contribution is -2.15. The van der Waals surface area contributed by atoms with Crippen molar-refractivity contribution in [2.45, 2.75) is 25.9 Å². The van der Waals surface area contributed by atoms with Gasteiger partial charge in [-0.05, 0) is 19.4 Å². The molecule has 0 saturated heterocycles. The summed E-state index contributed by atoms with van der Waals surface area (Å²) in [7, 11) is 1.64. The molecule has 0 spiro atoms. The van der Waals surface area contributed by atoms with Gasteiger partial charge in [-0.1, -0.05) is 0 Å². The van der Waals surface area contributed by atoms with Crippen molar-refractivity contribution in [3.63, 3.8) is 0 Å². The van der Waals surface area contributed by atoms with Gasteiger partial charge in [0.2, 0.25) is 5.91 Å². The normalized spacial score (nSPS) is 12.6. The lowest BCUT2D eigenvalue weighted by molar-refractivity contribution is -0.116. The Morgan fingerprint density at radius 2 is 2.44 bits per heavy atom. The lowest BCUT2D eigenvalue weighted by Gasteiger charge is -2.09. The maximum Gasteiger partial charge on any atom is 0.224 e. The number of hydrogen-bond acceptors (Lipinski definition) is 4. The predicted molar refractivity (Wildman–Crippen MR) is 67.3 cm³/mol. The number of nitrogens with zero attached hydrogens (tertiary/aromatic N) is 3. The van der Waals surface area contributed by atoms with Gasteiger partial charge in [-0.15, -0.1) is 10.2 Å². The van der Waals surface area contributed by atoms with Crippen LogP contribution in [0, 0.1) is 0 Å². The summed E-state index contributed by atoms with van der Waals surface area (Å²) in [6.07, 6.45) is 4.65. The van der Waals surface area contributed by atoms with Crippen LogP contribution in [0.5, 0.6) is 0 Å². The minimum absolute atomic E-state index is 0.0252. The summed E-state index contributed by atoms with van der Waals surface area (Å²) in [6, 6.07) is 3.60. The first-order valence-corrected chi connectivity index (χ1v) is 5.81. The molecule has 0 aliphatic rings. The quantitative estimate of drug-likeness (QED) is 0.870. The van der Waals surface area contributed by atoms with E-state index < -0.39 is 0 Å². The molecule has 6 heteroatoms. The van der Waals surface area contributed by atoms with Crippen LogP contribution in [0.15, 0.2) is 24.7 Å². The highest BCUT2D eigenvalue weighted by molar-refractivity contribution is 5.91. The number of fused-ring (bicyclic) bond motifs is 1. The number of hydrogen-bond donors (Lipinski definition) is 1. The fraction of sp³-hybridized carbons (Fsp3) is 0.417. The first kappa shape index (κ1) is 12.5. The first-order chi connectivity index (χ1) is 8.69. The van der Waals surface area contributed by atoms with E-state index in [-0.39, 0.29) is 12.0 Å². The Balaban J connectivity index is 1.94. The summed E-state index contributed by atoms with van der Waals surface area (Å²) in [4.78, 5) is 11.7. The number of pyridine rings is 1. The van der Waals surface area contributed by atoms with E-state index in [1.54, 1.807) is 23.9 Å². The second-order valence-electron chi connectivity index (χ2n) is 4.14. The van der Waals surface area contributed by atoms with Crippen molar-refractivity contribution in [1.82, 2.24) is 14.6 Å². The zero-order valence-corrected chi connectivity index (χ0v) is 10.5. The first-order valence-electron chi connectivity index (χ1n) is 5.81. The van der Waals surface area contributed by atoms with Crippen LogP contribution in [0.4, 0.5) is 5.69 Å². The minimum atomic E-state index is -0.0252. The molecule has 2 rings (SSSR count). The number of amides is 1. The molecule has 1 N–H and O–H groups in total. The van der Waals surface area contributed by atoms with Gasteiger partial charge in [-0.3, -0.25) is 9.20 Å². The van der Waals surface area contributed by atoms with Crippen LogP contribution in [0.3, 0.4) is 0 Å². The van der Waals surface area contributed by atoms with Gasteiger partial charge in [0, 0.05) is 31.5 Å². The third kappa shape index (κ3) is 3.04. The summed E-state index contributed by atoms with van der Waals surface area (Å²) in [6.45, 7) is 1.94. The molecule has 0 fully saturated rings. The second kappa shape index (κ2) is 5.59. The molecule has 96 valence electrons. The molecule has 0 bridgehead atoms. The highest BCUT2D eigenvalue weighted by atomic mass is 16.5. The predicted octanol–water partition coefficient (Wildman–Crippen LogP) is 1.48. The summed E-state index contributed by atoms with van der Waals surface area (Å²) in [5.74, 6) is -0.0252. The molecule has 18 heavy (non-hydrogen) atoms. The molecule has 0 aliphatic carbocycles. The van der Waals surface area contributed by atoms with Crippen LogP contribution < -0.4 is 5.32 Å². The highest BCUT2D eigenvalue weighted by Crippen LogP contribution is 2.11. The molecule has 1 amide bonds. The van der Waals surface area contributed by atoms with E-state index >= 15 is 0 Å². The van der Waals surface area contributed by atoms with Crippen LogP contribution >= 0.6 is 0 Å². The van der Waals surface area contributed by atoms with E-state index in [4.69, 9.17) is 4.74 Å². The Kier molecular flexibility index (Phi) is 3.88. The van der Waals surface area contributed by atoms with Crippen molar-refractivity contribution < 1.29 is 9.53 Å². The Morgan fingerprint density at radius 1 is 1.61 bits per heavy atom. The van der Waals surface area contributed by atoms with Crippen LogP contribution in [0.2, 0.25) is 0 Å². The molecule has 0 saturated carbocycles. The zero-order valence-electron chi connectivity index (χ0n) is 10.5. The van der Waals surface area contributed by atoms with Gasteiger partial charge in [-0.25, -0.2) is 0 Å². The lowest BCUT2D eigenvalue weighted by atomic mass is 10.2. The molecule has 2 heterocycles. The van der Waals surface area contributed by atoms with Crippen LogP contribution in [-0.2, 0) is 9.53 Å². The standard InChI is InChI=1S/C12H16N4O2/c1-9(18-2)3-4-12(17)14-10-5-6-16-8-13-15-11(16)7-10/h5-9H,3-4H2,1-2H3,(H,14,17). The summed E-state index contributed by atoms with van der Waals surface area (Å²) in [5.41, 5.74) is 1.43. The minimum Gasteiger partial charge on any atom is -0.382 e. The molecule has 0 aliphatic heterocycles. The van der Waals surface area contributed by atoms with Gasteiger partial charge < -0.3 is 10.1 Å². The van der Waals surface area contributed by atoms with Gasteiger partial charge in [0.15, 0.2) is 5.65 Å². The van der Waals surface area contributed by atoms with E-state index in [1.165, 1.54) is 0 Å². The average Bonchev–Trinajstić information content (AvgIpc) is 2.83. The summed E-state index contributed by atoms with van der Waals surface area (Å²) < 4.78 is 6.88. The zero-order chi connectivity index (χ0) is 13.0. The largest absolute Gasteiger partial charge is 0.382 e. The maximum absolute atomic E-state index is 11.7. The number of ether oxygens (including phenoxy) is 1. The SMILES string of the molecule is COC(C)CCC(=O)Nc1ccn2cnnc2c1. The monoisotopic (exact) mass is 248 g/mol. The maximum atomic E-state index is 11.7. The van der Waals surface area contributed by atoms with Crippen LogP contribution in [0.25, 0.3) is 5.65 Å². The number of rotatable bonds is 5. The van der Waals surface area contributed by atoms with E-state index in [0.29, 0.717) is 18.5 Å². The number of carbonyl (C=O) groups is 1. The number of methoxy groups -OCH3 is 1. The number of anilines is 1. The molecule has 2 aromatic heterocycles. The fourth-order valence-electron chi connectivity index (χ4n) is 1.57. The third-order valence-electron chi connectivity index (χ3n) is 2.76. The summed E-state index contributed by atoms with van der Waals surface area (Å²) >= 11 is 0. The van der Waals surface area contributed by atoms with Crippen molar-refractivity contribution in [1.29, 1.82) is 0 Å². The molecular weight excluding hydrogens is 232 g/mol. The van der Waals surface area contributed by atoms with E-state index in [0.717, 1.165) is 5.69 Å². The number of carbonyl (C=O) groups excluding carboxylic acids is 1. The fourth-order valence-corrected chi connectivity index (χ4v) is 1.57. The highest BCUT2D eigenvalue weighted by Gasteiger charge is 2.07. The third-order valence-corrected chi connectivity index (χ3v) is 2.76. The van der Waals surface area contributed by atoms with Crippen molar-refractivity contribution in [3.8, 4) is 0 Å². The summed E-state index contributed by atoms with van der Waals surface area (Å²) in [5, 5.41) is 10.5. The molecule has 6 nitrogen and oxygen atoms in total. The van der Waals surface area contributed by atoms with Crippen molar-refractivity contribution in [2.24, 2.45) is 0 Å². The van der Waals surface area contributed by atoms with Crippen molar-refractivity contribution in [2.75, 3.05) is 12.4 Å². The van der Waals surface area contributed by atoms with E-state index in [2.05, 4.69) is 15.5 Å². The van der Waals surface area contributed by atoms with Crippen molar-refractivity contribution in [3.05, 3.63) is 24.7 Å². The van der Waals surface area contributed by atoms with Crippen molar-refractivity contribution >= 4 is 17.2 Å². The van der Waals surface area contributed by atoms with Gasteiger partial charge in [0.25, 0.3) is 0 Å². The van der Waals surface area contributed by atoms with Gasteiger partial charge in [0.05, 0.1) is 6.10 Å². The Labute approximate surface area is 105 Å². The Morgan fingerprint density at radius 3 is 3.22 bits per heavy atom. The van der Waals surface area contributed by atoms with E-state index in [9.17, 15) is 4.79 Å². The smallest absolute Gasteiger partial charge is 0.224 e. The van der Waals surface area contributed by atoms with Gasteiger partial charge in [0.1, 0.15) is 6.33 Å². The van der Waals surface area contributed by atoms with Gasteiger partial charge in [-0.2, -0.15) is 0 Å². The molecule has 2 aromatic rings. The second-order valence-corrected chi connectivity index (χ2v) is 4.14. The molecule has 1 unspecified atom stereocenters. The van der Waals surface area contributed by atoms with Crippen LogP contribution in [-0.4, -0.2) is 33.7 Å². The molecule has 0 radical (unpaired) electrons.